The molecule has 5 nitrogen and oxygen atoms in total. The van der Waals surface area contributed by atoms with E-state index in [0.29, 0.717) is 24.0 Å². The van der Waals surface area contributed by atoms with E-state index in [9.17, 15) is 9.90 Å². The molecule has 0 aromatic heterocycles. The van der Waals surface area contributed by atoms with Crippen LogP contribution < -0.4 is 9.47 Å². The molecule has 0 radical (unpaired) electrons. The van der Waals surface area contributed by atoms with Gasteiger partial charge in [0.05, 0.1) is 0 Å². The second-order valence-electron chi connectivity index (χ2n) is 7.00. The molecule has 1 atom stereocenters. The highest BCUT2D eigenvalue weighted by Crippen LogP contribution is 2.29. The van der Waals surface area contributed by atoms with E-state index in [-0.39, 0.29) is 6.10 Å². The predicted molar refractivity (Wildman–Crippen MR) is 117 cm³/mol. The van der Waals surface area contributed by atoms with Crippen molar-refractivity contribution in [2.75, 3.05) is 19.0 Å². The lowest BCUT2D eigenvalue weighted by molar-refractivity contribution is -0.152. The molecular formula is C22H27ClO5S. The van der Waals surface area contributed by atoms with E-state index in [1.54, 1.807) is 23.9 Å². The van der Waals surface area contributed by atoms with Gasteiger partial charge in [-0.1, -0.05) is 11.6 Å². The summed E-state index contributed by atoms with van der Waals surface area (Å²) in [6, 6.07) is 13.0. The molecule has 0 spiro atoms. The minimum Gasteiger partial charge on any atom is -0.491 e. The van der Waals surface area contributed by atoms with Crippen molar-refractivity contribution in [2.45, 2.75) is 44.3 Å². The fourth-order valence-electron chi connectivity index (χ4n) is 2.43. The van der Waals surface area contributed by atoms with Crippen molar-refractivity contribution in [1.82, 2.24) is 0 Å². The Morgan fingerprint density at radius 2 is 1.90 bits per heavy atom. The van der Waals surface area contributed by atoms with Crippen LogP contribution in [0.1, 0.15) is 26.3 Å². The molecule has 0 aliphatic rings. The lowest BCUT2D eigenvalue weighted by Gasteiger charge is -2.23. The number of benzene rings is 2. The Balaban J connectivity index is 1.94. The number of thioether (sulfide) groups is 1. The van der Waals surface area contributed by atoms with Gasteiger partial charge in [0.25, 0.3) is 0 Å². The van der Waals surface area contributed by atoms with Gasteiger partial charge < -0.3 is 19.3 Å². The molecule has 29 heavy (non-hydrogen) atoms. The number of halogens is 1. The van der Waals surface area contributed by atoms with Gasteiger partial charge in [-0.2, -0.15) is 0 Å². The summed E-state index contributed by atoms with van der Waals surface area (Å²) >= 11 is 7.55. The first-order chi connectivity index (χ1) is 13.7. The molecule has 0 bridgehead atoms. The predicted octanol–water partition coefficient (Wildman–Crippen LogP) is 5.47. The summed E-state index contributed by atoms with van der Waals surface area (Å²) in [7, 11) is 0. The van der Waals surface area contributed by atoms with Gasteiger partial charge in [0, 0.05) is 22.3 Å². The highest BCUT2D eigenvalue weighted by molar-refractivity contribution is 7.99. The van der Waals surface area contributed by atoms with Crippen LogP contribution in [0.2, 0.25) is 5.02 Å². The molecule has 0 heterocycles. The molecule has 0 saturated carbocycles. The molecule has 2 aromatic carbocycles. The van der Waals surface area contributed by atoms with Gasteiger partial charge in [0.2, 0.25) is 0 Å². The first-order valence-electron chi connectivity index (χ1n) is 9.37. The van der Waals surface area contributed by atoms with Crippen LogP contribution in [0.4, 0.5) is 0 Å². The highest BCUT2D eigenvalue weighted by Gasteiger charge is 2.29. The van der Waals surface area contributed by atoms with E-state index in [2.05, 4.69) is 0 Å². The van der Waals surface area contributed by atoms with E-state index in [4.69, 9.17) is 25.8 Å². The van der Waals surface area contributed by atoms with Crippen molar-refractivity contribution < 1.29 is 24.1 Å². The average Bonchev–Trinajstić information content (AvgIpc) is 2.67. The summed E-state index contributed by atoms with van der Waals surface area (Å²) < 4.78 is 17.3. The zero-order chi connectivity index (χ0) is 21.4. The lowest BCUT2D eigenvalue weighted by atomic mass is 10.1. The highest BCUT2D eigenvalue weighted by atomic mass is 35.5. The zero-order valence-electron chi connectivity index (χ0n) is 17.1. The number of hydrogen-bond acceptors (Lipinski definition) is 5. The Kier molecular flexibility index (Phi) is 8.68. The number of carbonyl (C=O) groups is 1. The van der Waals surface area contributed by atoms with Crippen LogP contribution in [0, 0.1) is 6.92 Å². The number of carboxylic acid groups (broad SMARTS) is 1. The molecule has 1 unspecified atom stereocenters. The van der Waals surface area contributed by atoms with Crippen LogP contribution in [0.5, 0.6) is 11.5 Å². The standard InChI is InChI=1S/C22H27ClO5S/c1-5-26-18(13-27-17-8-6-16(23)7-9-17)14-29-19-10-11-20(15(2)12-19)28-22(3,4)21(24)25/h6-12,18H,5,13-14H2,1-4H3,(H,24,25). The Morgan fingerprint density at radius 1 is 1.21 bits per heavy atom. The third kappa shape index (κ3) is 7.46. The Bertz CT molecular complexity index is 807. The largest absolute Gasteiger partial charge is 0.491 e. The van der Waals surface area contributed by atoms with Crippen molar-refractivity contribution in [3.05, 3.63) is 53.1 Å². The van der Waals surface area contributed by atoms with Crippen molar-refractivity contribution in [3.63, 3.8) is 0 Å². The summed E-state index contributed by atoms with van der Waals surface area (Å²) in [6.07, 6.45) is -0.0668. The molecule has 0 aliphatic carbocycles. The van der Waals surface area contributed by atoms with Crippen LogP contribution in [-0.4, -0.2) is 41.7 Å². The van der Waals surface area contributed by atoms with E-state index < -0.39 is 11.6 Å². The molecule has 0 fully saturated rings. The number of aryl methyl sites for hydroxylation is 1. The number of hydrogen-bond donors (Lipinski definition) is 1. The summed E-state index contributed by atoms with van der Waals surface area (Å²) in [5.41, 5.74) is -0.395. The number of ether oxygens (including phenoxy) is 3. The Hall–Kier alpha value is -1.89. The maximum absolute atomic E-state index is 11.3. The molecule has 158 valence electrons. The lowest BCUT2D eigenvalue weighted by Crippen LogP contribution is -2.38. The van der Waals surface area contributed by atoms with Crippen LogP contribution in [0.3, 0.4) is 0 Å². The van der Waals surface area contributed by atoms with Gasteiger partial charge in [-0.25, -0.2) is 4.79 Å². The van der Waals surface area contributed by atoms with Gasteiger partial charge in [-0.05, 0) is 75.7 Å². The molecule has 2 rings (SSSR count). The summed E-state index contributed by atoms with van der Waals surface area (Å²) in [4.78, 5) is 12.3. The molecule has 7 heteroatoms. The number of carboxylic acids is 1. The third-order valence-corrected chi connectivity index (χ3v) is 5.49. The van der Waals surface area contributed by atoms with Gasteiger partial charge in [-0.3, -0.25) is 0 Å². The van der Waals surface area contributed by atoms with Crippen LogP contribution in [0.25, 0.3) is 0 Å². The van der Waals surface area contributed by atoms with E-state index in [0.717, 1.165) is 22.0 Å². The molecule has 0 saturated heterocycles. The second-order valence-corrected chi connectivity index (χ2v) is 8.53. The van der Waals surface area contributed by atoms with Crippen molar-refractivity contribution >= 4 is 29.3 Å². The number of rotatable bonds is 11. The topological polar surface area (TPSA) is 65.0 Å². The second kappa shape index (κ2) is 10.8. The van der Waals surface area contributed by atoms with Crippen molar-refractivity contribution in [3.8, 4) is 11.5 Å². The normalized spacial score (nSPS) is 12.4. The fraction of sp³-hybridized carbons (Fsp3) is 0.409. The summed E-state index contributed by atoms with van der Waals surface area (Å²) in [6.45, 7) is 7.97. The zero-order valence-corrected chi connectivity index (χ0v) is 18.7. The Morgan fingerprint density at radius 3 is 2.48 bits per heavy atom. The maximum atomic E-state index is 11.3. The minimum atomic E-state index is -1.28. The molecule has 2 aromatic rings. The molecule has 0 amide bonds. The van der Waals surface area contributed by atoms with E-state index in [1.165, 1.54) is 13.8 Å². The van der Waals surface area contributed by atoms with Crippen molar-refractivity contribution in [1.29, 1.82) is 0 Å². The van der Waals surface area contributed by atoms with Gasteiger partial charge in [-0.15, -0.1) is 11.8 Å². The smallest absolute Gasteiger partial charge is 0.347 e. The van der Waals surface area contributed by atoms with Crippen LogP contribution in [0.15, 0.2) is 47.4 Å². The molecule has 0 aliphatic heterocycles. The van der Waals surface area contributed by atoms with Crippen LogP contribution in [-0.2, 0) is 9.53 Å². The third-order valence-electron chi connectivity index (χ3n) is 4.11. The first-order valence-corrected chi connectivity index (χ1v) is 10.7. The van der Waals surface area contributed by atoms with Gasteiger partial charge in [0.1, 0.15) is 24.2 Å². The summed E-state index contributed by atoms with van der Waals surface area (Å²) in [5.74, 6) is 1.04. The van der Waals surface area contributed by atoms with Gasteiger partial charge >= 0.3 is 5.97 Å². The SMILES string of the molecule is CCOC(COc1ccc(Cl)cc1)CSc1ccc(OC(C)(C)C(=O)O)c(C)c1. The van der Waals surface area contributed by atoms with E-state index in [1.807, 2.05) is 44.2 Å². The van der Waals surface area contributed by atoms with Crippen molar-refractivity contribution in [2.24, 2.45) is 0 Å². The van der Waals surface area contributed by atoms with Crippen LogP contribution >= 0.6 is 23.4 Å². The number of aliphatic carboxylic acids is 1. The first kappa shape index (κ1) is 23.4. The van der Waals surface area contributed by atoms with E-state index >= 15 is 0 Å². The average molecular weight is 439 g/mol. The minimum absolute atomic E-state index is 0.0668. The molecule has 1 N–H and O–H groups in total. The Labute approximate surface area is 181 Å². The molecular weight excluding hydrogens is 412 g/mol. The van der Waals surface area contributed by atoms with Gasteiger partial charge in [0.15, 0.2) is 5.60 Å². The quantitative estimate of drug-likeness (QED) is 0.469. The summed E-state index contributed by atoms with van der Waals surface area (Å²) in [5, 5.41) is 9.90. The fourth-order valence-corrected chi connectivity index (χ4v) is 3.56. The maximum Gasteiger partial charge on any atom is 0.347 e. The monoisotopic (exact) mass is 438 g/mol.